The van der Waals surface area contributed by atoms with Crippen molar-refractivity contribution in [3.63, 3.8) is 0 Å². The Hall–Kier alpha value is -2.67. The first-order valence-electron chi connectivity index (χ1n) is 7.66. The quantitative estimate of drug-likeness (QED) is 0.563. The number of hydrogen-bond acceptors (Lipinski definition) is 4. The standard InChI is InChI=1S/C18H16FN3O2S/c1-20-16(23)11-25-18-21-15-5-3-2-4-14(15)17(24)22(18)10-12-6-8-13(19)9-7-12/h2-9H,10-11H2,1H3,(H,20,23). The van der Waals surface area contributed by atoms with Gasteiger partial charge >= 0.3 is 0 Å². The summed E-state index contributed by atoms with van der Waals surface area (Å²) < 4.78 is 14.6. The number of hydrogen-bond donors (Lipinski definition) is 1. The molecule has 0 bridgehead atoms. The predicted octanol–water partition coefficient (Wildman–Crippen LogP) is 2.42. The van der Waals surface area contributed by atoms with Gasteiger partial charge in [0.25, 0.3) is 5.56 Å². The number of rotatable bonds is 5. The van der Waals surface area contributed by atoms with E-state index in [2.05, 4.69) is 10.3 Å². The van der Waals surface area contributed by atoms with Crippen LogP contribution in [-0.2, 0) is 11.3 Å². The van der Waals surface area contributed by atoms with E-state index < -0.39 is 0 Å². The summed E-state index contributed by atoms with van der Waals surface area (Å²) in [7, 11) is 1.56. The molecule has 0 unspecified atom stereocenters. The van der Waals surface area contributed by atoms with Crippen molar-refractivity contribution in [2.45, 2.75) is 11.7 Å². The lowest BCUT2D eigenvalue weighted by atomic mass is 10.2. The zero-order valence-corrected chi connectivity index (χ0v) is 14.3. The Morgan fingerprint density at radius 1 is 1.20 bits per heavy atom. The smallest absolute Gasteiger partial charge is 0.262 e. The fourth-order valence-electron chi connectivity index (χ4n) is 2.37. The van der Waals surface area contributed by atoms with Crippen LogP contribution < -0.4 is 10.9 Å². The molecule has 0 aliphatic heterocycles. The van der Waals surface area contributed by atoms with E-state index >= 15 is 0 Å². The summed E-state index contributed by atoms with van der Waals surface area (Å²) in [4.78, 5) is 28.9. The highest BCUT2D eigenvalue weighted by Gasteiger charge is 2.13. The maximum Gasteiger partial charge on any atom is 0.262 e. The average Bonchev–Trinajstić information content (AvgIpc) is 2.64. The number of benzene rings is 2. The first-order valence-corrected chi connectivity index (χ1v) is 8.64. The normalized spacial score (nSPS) is 10.8. The van der Waals surface area contributed by atoms with Crippen LogP contribution in [0.1, 0.15) is 5.56 Å². The Kier molecular flexibility index (Phi) is 5.14. The molecule has 128 valence electrons. The molecule has 2 aromatic carbocycles. The minimum absolute atomic E-state index is 0.152. The number of carbonyl (C=O) groups is 1. The highest BCUT2D eigenvalue weighted by Crippen LogP contribution is 2.19. The van der Waals surface area contributed by atoms with Gasteiger partial charge in [0.2, 0.25) is 5.91 Å². The van der Waals surface area contributed by atoms with Crippen LogP contribution in [0.5, 0.6) is 0 Å². The summed E-state index contributed by atoms with van der Waals surface area (Å²) in [5.41, 5.74) is 1.18. The van der Waals surface area contributed by atoms with Gasteiger partial charge in [-0.25, -0.2) is 9.37 Å². The number of thioether (sulfide) groups is 1. The molecule has 5 nitrogen and oxygen atoms in total. The van der Waals surface area contributed by atoms with Crippen molar-refractivity contribution >= 4 is 28.6 Å². The third kappa shape index (κ3) is 3.88. The number of amides is 1. The third-order valence-corrected chi connectivity index (χ3v) is 4.67. The van der Waals surface area contributed by atoms with Crippen LogP contribution in [0.3, 0.4) is 0 Å². The molecule has 1 N–H and O–H groups in total. The van der Waals surface area contributed by atoms with Crippen LogP contribution in [0.25, 0.3) is 10.9 Å². The number of para-hydroxylation sites is 1. The summed E-state index contributed by atoms with van der Waals surface area (Å²) >= 11 is 1.20. The molecule has 1 aromatic heterocycles. The maximum absolute atomic E-state index is 13.1. The van der Waals surface area contributed by atoms with Gasteiger partial charge in [0.1, 0.15) is 5.82 Å². The van der Waals surface area contributed by atoms with E-state index in [4.69, 9.17) is 0 Å². The lowest BCUT2D eigenvalue weighted by molar-refractivity contribution is -0.118. The van der Waals surface area contributed by atoms with Crippen molar-refractivity contribution in [3.8, 4) is 0 Å². The number of carbonyl (C=O) groups excluding carboxylic acids is 1. The summed E-state index contributed by atoms with van der Waals surface area (Å²) in [6.07, 6.45) is 0. The zero-order valence-electron chi connectivity index (χ0n) is 13.5. The minimum Gasteiger partial charge on any atom is -0.358 e. The fraction of sp³-hybridized carbons (Fsp3) is 0.167. The lowest BCUT2D eigenvalue weighted by Gasteiger charge is -2.13. The van der Waals surface area contributed by atoms with Crippen LogP contribution in [-0.4, -0.2) is 28.3 Å². The van der Waals surface area contributed by atoms with Crippen LogP contribution >= 0.6 is 11.8 Å². The molecule has 0 aliphatic rings. The molecular formula is C18H16FN3O2S. The van der Waals surface area contributed by atoms with Gasteiger partial charge in [-0.2, -0.15) is 0 Å². The Morgan fingerprint density at radius 3 is 2.64 bits per heavy atom. The van der Waals surface area contributed by atoms with Crippen LogP contribution in [0.2, 0.25) is 0 Å². The number of fused-ring (bicyclic) bond motifs is 1. The molecule has 3 aromatic rings. The Balaban J connectivity index is 2.05. The molecule has 1 amide bonds. The maximum atomic E-state index is 13.1. The van der Waals surface area contributed by atoms with E-state index in [0.29, 0.717) is 16.1 Å². The molecule has 0 atom stereocenters. The van der Waals surface area contributed by atoms with Crippen molar-refractivity contribution in [1.82, 2.24) is 14.9 Å². The monoisotopic (exact) mass is 357 g/mol. The highest BCUT2D eigenvalue weighted by molar-refractivity contribution is 7.99. The predicted molar refractivity (Wildman–Crippen MR) is 96.3 cm³/mol. The van der Waals surface area contributed by atoms with Gasteiger partial charge in [-0.3, -0.25) is 14.2 Å². The first kappa shape index (κ1) is 17.2. The number of halogens is 1. The lowest BCUT2D eigenvalue weighted by Crippen LogP contribution is -2.25. The molecule has 0 spiro atoms. The zero-order chi connectivity index (χ0) is 17.8. The third-order valence-electron chi connectivity index (χ3n) is 3.69. The van der Waals surface area contributed by atoms with Gasteiger partial charge in [0.15, 0.2) is 5.16 Å². The van der Waals surface area contributed by atoms with E-state index in [1.54, 1.807) is 37.4 Å². The molecule has 0 fully saturated rings. The molecule has 0 saturated carbocycles. The van der Waals surface area contributed by atoms with Crippen molar-refractivity contribution in [3.05, 3.63) is 70.3 Å². The molecule has 25 heavy (non-hydrogen) atoms. The van der Waals surface area contributed by atoms with Crippen molar-refractivity contribution < 1.29 is 9.18 Å². The van der Waals surface area contributed by atoms with E-state index in [1.807, 2.05) is 6.07 Å². The SMILES string of the molecule is CNC(=O)CSc1nc2ccccc2c(=O)n1Cc1ccc(F)cc1. The average molecular weight is 357 g/mol. The van der Waals surface area contributed by atoms with Crippen LogP contribution in [0.4, 0.5) is 4.39 Å². The Bertz CT molecular complexity index is 970. The van der Waals surface area contributed by atoms with E-state index in [1.165, 1.54) is 28.5 Å². The van der Waals surface area contributed by atoms with E-state index in [-0.39, 0.29) is 29.6 Å². The molecule has 0 radical (unpaired) electrons. The van der Waals surface area contributed by atoms with Gasteiger partial charge in [-0.15, -0.1) is 0 Å². The van der Waals surface area contributed by atoms with Crippen LogP contribution in [0, 0.1) is 5.82 Å². The number of aromatic nitrogens is 2. The second kappa shape index (κ2) is 7.48. The molecule has 3 rings (SSSR count). The van der Waals surface area contributed by atoms with Crippen molar-refractivity contribution in [2.75, 3.05) is 12.8 Å². The highest BCUT2D eigenvalue weighted by atomic mass is 32.2. The topological polar surface area (TPSA) is 64.0 Å². The first-order chi connectivity index (χ1) is 12.1. The second-order valence-electron chi connectivity index (χ2n) is 5.39. The van der Waals surface area contributed by atoms with E-state index in [0.717, 1.165) is 5.56 Å². The summed E-state index contributed by atoms with van der Waals surface area (Å²) in [6.45, 7) is 0.257. The Labute approximate surface area is 147 Å². The van der Waals surface area contributed by atoms with Crippen LogP contribution in [0.15, 0.2) is 58.5 Å². The molecular weight excluding hydrogens is 341 g/mol. The minimum atomic E-state index is -0.332. The Morgan fingerprint density at radius 2 is 1.92 bits per heavy atom. The summed E-state index contributed by atoms with van der Waals surface area (Å²) in [6, 6.07) is 13.0. The van der Waals surface area contributed by atoms with Crippen molar-refractivity contribution in [1.29, 1.82) is 0 Å². The van der Waals surface area contributed by atoms with E-state index in [9.17, 15) is 14.0 Å². The molecule has 7 heteroatoms. The van der Waals surface area contributed by atoms with Crippen molar-refractivity contribution in [2.24, 2.45) is 0 Å². The molecule has 1 heterocycles. The number of nitrogens with one attached hydrogen (secondary N) is 1. The largest absolute Gasteiger partial charge is 0.358 e. The van der Waals surface area contributed by atoms with Gasteiger partial charge < -0.3 is 5.32 Å². The summed E-state index contributed by atoms with van der Waals surface area (Å²) in [5, 5.41) is 3.51. The molecule has 0 saturated heterocycles. The fourth-order valence-corrected chi connectivity index (χ4v) is 3.24. The van der Waals surface area contributed by atoms with Gasteiger partial charge in [0.05, 0.1) is 23.2 Å². The number of nitrogens with zero attached hydrogens (tertiary/aromatic N) is 2. The van der Waals surface area contributed by atoms with Gasteiger partial charge in [-0.1, -0.05) is 36.0 Å². The summed E-state index contributed by atoms with van der Waals surface area (Å²) in [5.74, 6) is -0.326. The second-order valence-corrected chi connectivity index (χ2v) is 6.33. The van der Waals surface area contributed by atoms with Gasteiger partial charge in [-0.05, 0) is 29.8 Å². The molecule has 0 aliphatic carbocycles. The van der Waals surface area contributed by atoms with Gasteiger partial charge in [0, 0.05) is 7.05 Å².